The lowest BCUT2D eigenvalue weighted by molar-refractivity contribution is -0.384. The van der Waals surface area contributed by atoms with Crippen LogP contribution < -0.4 is 5.32 Å². The number of nitrogens with zero attached hydrogens (tertiary/aromatic N) is 4. The van der Waals surface area contributed by atoms with Gasteiger partial charge in [0, 0.05) is 18.2 Å². The first-order chi connectivity index (χ1) is 12.0. The molecule has 0 aliphatic rings. The van der Waals surface area contributed by atoms with Gasteiger partial charge in [-0.25, -0.2) is 9.67 Å². The number of rotatable bonds is 5. The monoisotopic (exact) mass is 357 g/mol. The summed E-state index contributed by atoms with van der Waals surface area (Å²) in [5, 5.41) is 17.6. The van der Waals surface area contributed by atoms with Gasteiger partial charge in [-0.3, -0.25) is 14.9 Å². The molecule has 0 radical (unpaired) electrons. The fourth-order valence-electron chi connectivity index (χ4n) is 2.19. The van der Waals surface area contributed by atoms with Crippen LogP contribution in [0.25, 0.3) is 5.69 Å². The van der Waals surface area contributed by atoms with Gasteiger partial charge in [-0.2, -0.15) is 5.10 Å². The maximum absolute atomic E-state index is 12.2. The van der Waals surface area contributed by atoms with Crippen LogP contribution in [0.15, 0.2) is 55.1 Å². The third kappa shape index (κ3) is 3.81. The number of amides is 1. The Bertz CT molecular complexity index is 910. The quantitative estimate of drug-likeness (QED) is 0.558. The molecule has 0 spiro atoms. The summed E-state index contributed by atoms with van der Waals surface area (Å²) in [7, 11) is 0. The second-order valence-corrected chi connectivity index (χ2v) is 5.52. The molecule has 9 heteroatoms. The van der Waals surface area contributed by atoms with Crippen molar-refractivity contribution in [2.24, 2.45) is 0 Å². The van der Waals surface area contributed by atoms with E-state index in [4.69, 9.17) is 11.6 Å². The molecule has 1 heterocycles. The van der Waals surface area contributed by atoms with E-state index < -0.39 is 10.8 Å². The summed E-state index contributed by atoms with van der Waals surface area (Å²) >= 11 is 5.74. The van der Waals surface area contributed by atoms with Gasteiger partial charge in [-0.05, 0) is 29.8 Å². The number of benzene rings is 2. The zero-order valence-corrected chi connectivity index (χ0v) is 13.6. The highest BCUT2D eigenvalue weighted by Crippen LogP contribution is 2.25. The maximum Gasteiger partial charge on any atom is 0.288 e. The van der Waals surface area contributed by atoms with Gasteiger partial charge in [0.2, 0.25) is 0 Å². The minimum absolute atomic E-state index is 0.00903. The standard InChI is InChI=1S/C16H12ClN5O3/c17-14-6-3-12(7-15(14)22(24)25)16(23)19-8-11-1-4-13(5-2-11)21-10-18-9-20-21/h1-7,9-10H,8H2,(H,19,23). The van der Waals surface area contributed by atoms with Gasteiger partial charge in [0.05, 0.1) is 10.6 Å². The van der Waals surface area contributed by atoms with E-state index in [1.165, 1.54) is 18.5 Å². The average Bonchev–Trinajstić information content (AvgIpc) is 3.15. The van der Waals surface area contributed by atoms with E-state index in [1.54, 1.807) is 11.0 Å². The highest BCUT2D eigenvalue weighted by atomic mass is 35.5. The molecule has 2 aromatic carbocycles. The van der Waals surface area contributed by atoms with Gasteiger partial charge >= 0.3 is 0 Å². The van der Waals surface area contributed by atoms with E-state index in [-0.39, 0.29) is 22.8 Å². The Morgan fingerprint density at radius 1 is 1.24 bits per heavy atom. The van der Waals surface area contributed by atoms with Crippen molar-refractivity contribution in [1.29, 1.82) is 0 Å². The molecule has 3 aromatic rings. The first-order valence-corrected chi connectivity index (χ1v) is 7.58. The minimum atomic E-state index is -0.623. The predicted octanol–water partition coefficient (Wildman–Crippen LogP) is 2.76. The van der Waals surface area contributed by atoms with Crippen LogP contribution in [-0.4, -0.2) is 25.6 Å². The molecule has 3 rings (SSSR count). The van der Waals surface area contributed by atoms with E-state index in [1.807, 2.05) is 24.3 Å². The van der Waals surface area contributed by atoms with Gasteiger partial charge in [0.15, 0.2) is 0 Å². The average molecular weight is 358 g/mol. The number of nitro benzene ring substituents is 1. The summed E-state index contributed by atoms with van der Waals surface area (Å²) in [6.07, 6.45) is 3.03. The molecule has 1 amide bonds. The van der Waals surface area contributed by atoms with E-state index in [0.29, 0.717) is 0 Å². The van der Waals surface area contributed by atoms with Crippen molar-refractivity contribution < 1.29 is 9.72 Å². The van der Waals surface area contributed by atoms with E-state index >= 15 is 0 Å². The number of nitro groups is 1. The lowest BCUT2D eigenvalue weighted by Gasteiger charge is -2.07. The highest BCUT2D eigenvalue weighted by molar-refractivity contribution is 6.32. The first kappa shape index (κ1) is 16.6. The smallest absolute Gasteiger partial charge is 0.288 e. The number of halogens is 1. The molecular weight excluding hydrogens is 346 g/mol. The van der Waals surface area contributed by atoms with Crippen LogP contribution >= 0.6 is 11.6 Å². The first-order valence-electron chi connectivity index (χ1n) is 7.20. The summed E-state index contributed by atoms with van der Waals surface area (Å²) in [5.74, 6) is -0.417. The summed E-state index contributed by atoms with van der Waals surface area (Å²) in [5.41, 5.74) is 1.60. The molecule has 1 N–H and O–H groups in total. The largest absolute Gasteiger partial charge is 0.348 e. The van der Waals surface area contributed by atoms with Crippen molar-refractivity contribution in [3.63, 3.8) is 0 Å². The zero-order valence-electron chi connectivity index (χ0n) is 12.8. The van der Waals surface area contributed by atoms with Gasteiger partial charge < -0.3 is 5.32 Å². The van der Waals surface area contributed by atoms with E-state index in [0.717, 1.165) is 17.3 Å². The Morgan fingerprint density at radius 2 is 2.00 bits per heavy atom. The number of carbonyl (C=O) groups is 1. The SMILES string of the molecule is O=C(NCc1ccc(-n2cncn2)cc1)c1ccc(Cl)c([N+](=O)[O-])c1. The van der Waals surface area contributed by atoms with Crippen molar-refractivity contribution in [3.05, 3.63) is 81.4 Å². The molecule has 0 aliphatic carbocycles. The lowest BCUT2D eigenvalue weighted by Crippen LogP contribution is -2.22. The van der Waals surface area contributed by atoms with Crippen LogP contribution in [0.5, 0.6) is 0 Å². The van der Waals surface area contributed by atoms with Crippen LogP contribution in [0.1, 0.15) is 15.9 Å². The number of carbonyl (C=O) groups excluding carboxylic acids is 1. The van der Waals surface area contributed by atoms with Crippen LogP contribution in [0, 0.1) is 10.1 Å². The number of hydrogen-bond acceptors (Lipinski definition) is 5. The van der Waals surface area contributed by atoms with Crippen molar-refractivity contribution in [3.8, 4) is 5.69 Å². The molecule has 126 valence electrons. The minimum Gasteiger partial charge on any atom is -0.348 e. The van der Waals surface area contributed by atoms with Crippen LogP contribution in [0.3, 0.4) is 0 Å². The molecule has 25 heavy (non-hydrogen) atoms. The Hall–Kier alpha value is -3.26. The van der Waals surface area contributed by atoms with Gasteiger partial charge in [0.25, 0.3) is 11.6 Å². The molecule has 0 atom stereocenters. The van der Waals surface area contributed by atoms with Crippen molar-refractivity contribution >= 4 is 23.2 Å². The fourth-order valence-corrected chi connectivity index (χ4v) is 2.37. The second-order valence-electron chi connectivity index (χ2n) is 5.11. The van der Waals surface area contributed by atoms with Crippen LogP contribution in [0.4, 0.5) is 5.69 Å². The molecule has 0 unspecified atom stereocenters. The Kier molecular flexibility index (Phi) is 4.71. The fraction of sp³-hybridized carbons (Fsp3) is 0.0625. The molecular formula is C16H12ClN5O3. The normalized spacial score (nSPS) is 10.4. The van der Waals surface area contributed by atoms with Crippen molar-refractivity contribution in [2.75, 3.05) is 0 Å². The molecule has 0 aliphatic heterocycles. The van der Waals surface area contributed by atoms with E-state index in [9.17, 15) is 14.9 Å². The van der Waals surface area contributed by atoms with Crippen LogP contribution in [0.2, 0.25) is 5.02 Å². The maximum atomic E-state index is 12.2. The Balaban J connectivity index is 1.66. The molecule has 0 saturated heterocycles. The zero-order chi connectivity index (χ0) is 17.8. The Morgan fingerprint density at radius 3 is 2.64 bits per heavy atom. The van der Waals surface area contributed by atoms with Crippen LogP contribution in [-0.2, 0) is 6.54 Å². The number of aromatic nitrogens is 3. The molecule has 1 aromatic heterocycles. The molecule has 0 saturated carbocycles. The summed E-state index contributed by atoms with van der Waals surface area (Å²) in [6, 6.07) is 11.3. The van der Waals surface area contributed by atoms with E-state index in [2.05, 4.69) is 15.4 Å². The second kappa shape index (κ2) is 7.10. The third-order valence-electron chi connectivity index (χ3n) is 3.48. The van der Waals surface area contributed by atoms with Crippen molar-refractivity contribution in [2.45, 2.75) is 6.54 Å². The third-order valence-corrected chi connectivity index (χ3v) is 3.80. The summed E-state index contributed by atoms with van der Waals surface area (Å²) in [4.78, 5) is 26.3. The Labute approximate surface area is 147 Å². The summed E-state index contributed by atoms with van der Waals surface area (Å²) < 4.78 is 1.62. The molecule has 8 nitrogen and oxygen atoms in total. The predicted molar refractivity (Wildman–Crippen MR) is 90.6 cm³/mol. The number of nitrogens with one attached hydrogen (secondary N) is 1. The van der Waals surface area contributed by atoms with Gasteiger partial charge in [0.1, 0.15) is 17.7 Å². The summed E-state index contributed by atoms with van der Waals surface area (Å²) in [6.45, 7) is 0.285. The van der Waals surface area contributed by atoms with Crippen molar-refractivity contribution in [1.82, 2.24) is 20.1 Å². The van der Waals surface area contributed by atoms with Gasteiger partial charge in [-0.1, -0.05) is 23.7 Å². The number of hydrogen-bond donors (Lipinski definition) is 1. The topological polar surface area (TPSA) is 103 Å². The molecule has 0 bridgehead atoms. The lowest BCUT2D eigenvalue weighted by atomic mass is 10.1. The molecule has 0 fully saturated rings. The highest BCUT2D eigenvalue weighted by Gasteiger charge is 2.16. The van der Waals surface area contributed by atoms with Gasteiger partial charge in [-0.15, -0.1) is 0 Å².